The van der Waals surface area contributed by atoms with E-state index in [0.717, 1.165) is 17.3 Å². The molecule has 0 spiro atoms. The standard InChI is InChI=1S/C10H9ClFN3S/c1-6(7-2-4-8(12)5-3-7)13-10-9(11)14-16-15-10/h2-6H,1H3,(H,13,15). The van der Waals surface area contributed by atoms with Crippen molar-refractivity contribution >= 4 is 29.1 Å². The Hall–Kier alpha value is -1.20. The SMILES string of the molecule is CC(Nc1nsnc1Cl)c1ccc(F)cc1. The quantitative estimate of drug-likeness (QED) is 0.914. The highest BCUT2D eigenvalue weighted by molar-refractivity contribution is 6.99. The van der Waals surface area contributed by atoms with Crippen LogP contribution in [0.4, 0.5) is 10.2 Å². The van der Waals surface area contributed by atoms with E-state index in [9.17, 15) is 4.39 Å². The van der Waals surface area contributed by atoms with Gasteiger partial charge in [-0.15, -0.1) is 0 Å². The molecule has 1 aromatic carbocycles. The first-order chi connectivity index (χ1) is 7.66. The fraction of sp³-hybridized carbons (Fsp3) is 0.200. The Morgan fingerprint density at radius 3 is 2.56 bits per heavy atom. The van der Waals surface area contributed by atoms with Gasteiger partial charge >= 0.3 is 0 Å². The van der Waals surface area contributed by atoms with Crippen LogP contribution < -0.4 is 5.32 Å². The molecule has 16 heavy (non-hydrogen) atoms. The molecule has 1 atom stereocenters. The zero-order valence-electron chi connectivity index (χ0n) is 8.45. The monoisotopic (exact) mass is 257 g/mol. The summed E-state index contributed by atoms with van der Waals surface area (Å²) in [5.41, 5.74) is 0.963. The molecule has 0 bridgehead atoms. The second kappa shape index (κ2) is 4.76. The molecule has 1 aromatic heterocycles. The first kappa shape index (κ1) is 11.3. The smallest absolute Gasteiger partial charge is 0.186 e. The van der Waals surface area contributed by atoms with E-state index in [1.165, 1.54) is 12.1 Å². The number of rotatable bonds is 3. The maximum Gasteiger partial charge on any atom is 0.186 e. The van der Waals surface area contributed by atoms with Crippen molar-refractivity contribution in [3.8, 4) is 0 Å². The maximum atomic E-state index is 12.7. The molecule has 2 rings (SSSR count). The number of benzene rings is 1. The summed E-state index contributed by atoms with van der Waals surface area (Å²) in [6.07, 6.45) is 0. The first-order valence-corrected chi connectivity index (χ1v) is 5.77. The Bertz CT molecular complexity index is 471. The Morgan fingerprint density at radius 2 is 2.00 bits per heavy atom. The number of aromatic nitrogens is 2. The molecule has 0 aliphatic rings. The lowest BCUT2D eigenvalue weighted by atomic mass is 10.1. The highest BCUT2D eigenvalue weighted by atomic mass is 35.5. The second-order valence-corrected chi connectivity index (χ2v) is 4.21. The van der Waals surface area contributed by atoms with Crippen LogP contribution in [0.15, 0.2) is 24.3 Å². The van der Waals surface area contributed by atoms with E-state index in [1.807, 2.05) is 6.92 Å². The average Bonchev–Trinajstić information content (AvgIpc) is 2.65. The minimum absolute atomic E-state index is 0.00185. The fourth-order valence-electron chi connectivity index (χ4n) is 1.30. The number of anilines is 1. The largest absolute Gasteiger partial charge is 0.360 e. The van der Waals surface area contributed by atoms with Gasteiger partial charge in [-0.25, -0.2) is 4.39 Å². The van der Waals surface area contributed by atoms with E-state index in [0.29, 0.717) is 11.0 Å². The van der Waals surface area contributed by atoms with Crippen LogP contribution in [0.5, 0.6) is 0 Å². The maximum absolute atomic E-state index is 12.7. The van der Waals surface area contributed by atoms with Crippen LogP contribution in [0, 0.1) is 5.82 Å². The molecule has 0 radical (unpaired) electrons. The lowest BCUT2D eigenvalue weighted by Gasteiger charge is -2.13. The summed E-state index contributed by atoms with van der Waals surface area (Å²) in [7, 11) is 0. The average molecular weight is 258 g/mol. The third-order valence-corrected chi connectivity index (χ3v) is 3.06. The second-order valence-electron chi connectivity index (χ2n) is 3.32. The van der Waals surface area contributed by atoms with Gasteiger partial charge in [0.05, 0.1) is 17.8 Å². The molecular weight excluding hydrogens is 249 g/mol. The molecule has 84 valence electrons. The molecule has 0 fully saturated rings. The molecule has 2 aromatic rings. The Balaban J connectivity index is 2.11. The lowest BCUT2D eigenvalue weighted by Crippen LogP contribution is -2.07. The highest BCUT2D eigenvalue weighted by Gasteiger charge is 2.10. The van der Waals surface area contributed by atoms with Gasteiger partial charge in [-0.1, -0.05) is 23.7 Å². The highest BCUT2D eigenvalue weighted by Crippen LogP contribution is 2.23. The zero-order valence-corrected chi connectivity index (χ0v) is 10.0. The van der Waals surface area contributed by atoms with Gasteiger partial charge in [0.1, 0.15) is 5.82 Å². The molecule has 1 N–H and O–H groups in total. The third-order valence-electron chi connectivity index (χ3n) is 2.17. The van der Waals surface area contributed by atoms with Crippen molar-refractivity contribution < 1.29 is 4.39 Å². The van der Waals surface area contributed by atoms with Gasteiger partial charge in [0.15, 0.2) is 11.0 Å². The van der Waals surface area contributed by atoms with Crippen LogP contribution in [-0.4, -0.2) is 8.75 Å². The van der Waals surface area contributed by atoms with Crippen molar-refractivity contribution in [3.05, 3.63) is 40.8 Å². The molecule has 1 heterocycles. The predicted molar refractivity (Wildman–Crippen MR) is 63.4 cm³/mol. The van der Waals surface area contributed by atoms with Crippen LogP contribution in [-0.2, 0) is 0 Å². The predicted octanol–water partition coefficient (Wildman–Crippen LogP) is 3.50. The third kappa shape index (κ3) is 2.48. The minimum Gasteiger partial charge on any atom is -0.360 e. The topological polar surface area (TPSA) is 37.8 Å². The fourth-order valence-corrected chi connectivity index (χ4v) is 1.96. The Kier molecular flexibility index (Phi) is 3.36. The molecule has 0 saturated carbocycles. The van der Waals surface area contributed by atoms with Gasteiger partial charge in [-0.05, 0) is 24.6 Å². The molecular formula is C10H9ClFN3S. The van der Waals surface area contributed by atoms with Crippen molar-refractivity contribution in [1.82, 2.24) is 8.75 Å². The van der Waals surface area contributed by atoms with E-state index in [4.69, 9.17) is 11.6 Å². The summed E-state index contributed by atoms with van der Waals surface area (Å²) in [4.78, 5) is 0. The van der Waals surface area contributed by atoms with Crippen LogP contribution in [0.2, 0.25) is 5.15 Å². The van der Waals surface area contributed by atoms with Crippen molar-refractivity contribution in [2.24, 2.45) is 0 Å². The van der Waals surface area contributed by atoms with Gasteiger partial charge in [-0.2, -0.15) is 8.75 Å². The summed E-state index contributed by atoms with van der Waals surface area (Å²) >= 11 is 6.86. The van der Waals surface area contributed by atoms with E-state index < -0.39 is 0 Å². The number of hydrogen-bond acceptors (Lipinski definition) is 4. The molecule has 0 aliphatic heterocycles. The van der Waals surface area contributed by atoms with E-state index in [2.05, 4.69) is 14.1 Å². The molecule has 0 amide bonds. The minimum atomic E-state index is -0.246. The van der Waals surface area contributed by atoms with Crippen molar-refractivity contribution in [2.75, 3.05) is 5.32 Å². The summed E-state index contributed by atoms with van der Waals surface area (Å²) < 4.78 is 20.6. The van der Waals surface area contributed by atoms with Gasteiger partial charge < -0.3 is 5.32 Å². The van der Waals surface area contributed by atoms with Crippen molar-refractivity contribution in [3.63, 3.8) is 0 Å². The molecule has 0 aliphatic carbocycles. The Labute approximate surface area is 102 Å². The van der Waals surface area contributed by atoms with Crippen molar-refractivity contribution in [2.45, 2.75) is 13.0 Å². The molecule has 6 heteroatoms. The first-order valence-electron chi connectivity index (χ1n) is 4.67. The van der Waals surface area contributed by atoms with Crippen LogP contribution >= 0.6 is 23.3 Å². The molecule has 3 nitrogen and oxygen atoms in total. The van der Waals surface area contributed by atoms with E-state index >= 15 is 0 Å². The Morgan fingerprint density at radius 1 is 1.31 bits per heavy atom. The number of hydrogen-bond donors (Lipinski definition) is 1. The normalized spacial score (nSPS) is 12.4. The van der Waals surface area contributed by atoms with Crippen molar-refractivity contribution in [1.29, 1.82) is 0 Å². The molecule has 1 unspecified atom stereocenters. The van der Waals surface area contributed by atoms with Gasteiger partial charge in [0, 0.05) is 0 Å². The van der Waals surface area contributed by atoms with E-state index in [1.54, 1.807) is 12.1 Å². The lowest BCUT2D eigenvalue weighted by molar-refractivity contribution is 0.626. The van der Waals surface area contributed by atoms with E-state index in [-0.39, 0.29) is 11.9 Å². The summed E-state index contributed by atoms with van der Waals surface area (Å²) in [5.74, 6) is 0.313. The van der Waals surface area contributed by atoms with Gasteiger partial charge in [0.25, 0.3) is 0 Å². The zero-order chi connectivity index (χ0) is 11.5. The van der Waals surface area contributed by atoms with Crippen LogP contribution in [0.1, 0.15) is 18.5 Å². The summed E-state index contributed by atoms with van der Waals surface area (Å²) in [6, 6.07) is 6.30. The number of nitrogens with one attached hydrogen (secondary N) is 1. The number of halogens is 2. The molecule has 0 saturated heterocycles. The van der Waals surface area contributed by atoms with Gasteiger partial charge in [-0.3, -0.25) is 0 Å². The van der Waals surface area contributed by atoms with Gasteiger partial charge in [0.2, 0.25) is 0 Å². The van der Waals surface area contributed by atoms with Crippen LogP contribution in [0.3, 0.4) is 0 Å². The summed E-state index contributed by atoms with van der Waals surface area (Å²) in [6.45, 7) is 1.95. The summed E-state index contributed by atoms with van der Waals surface area (Å²) in [5, 5.41) is 3.47. The van der Waals surface area contributed by atoms with Crippen LogP contribution in [0.25, 0.3) is 0 Å². The number of nitrogens with zero attached hydrogens (tertiary/aromatic N) is 2.